The third-order valence-corrected chi connectivity index (χ3v) is 4.79. The number of nitrogens with zero attached hydrogens (tertiary/aromatic N) is 3. The highest BCUT2D eigenvalue weighted by molar-refractivity contribution is 5.80. The van der Waals surface area contributed by atoms with Crippen molar-refractivity contribution >= 4 is 11.8 Å². The van der Waals surface area contributed by atoms with E-state index in [0.29, 0.717) is 43.1 Å². The minimum absolute atomic E-state index is 0.0271. The predicted molar refractivity (Wildman–Crippen MR) is 85.6 cm³/mol. The van der Waals surface area contributed by atoms with E-state index in [-0.39, 0.29) is 30.4 Å². The summed E-state index contributed by atoms with van der Waals surface area (Å²) in [5.74, 6) is 0.379. The van der Waals surface area contributed by atoms with Gasteiger partial charge in [-0.15, -0.1) is 0 Å². The van der Waals surface area contributed by atoms with Gasteiger partial charge >= 0.3 is 0 Å². The Morgan fingerprint density at radius 2 is 2.08 bits per heavy atom. The lowest BCUT2D eigenvalue weighted by molar-refractivity contribution is -0.159. The molecule has 1 N–H and O–H groups in total. The van der Waals surface area contributed by atoms with Crippen molar-refractivity contribution < 1.29 is 14.3 Å². The summed E-state index contributed by atoms with van der Waals surface area (Å²) in [6, 6.07) is 0. The molecule has 0 saturated carbocycles. The monoisotopic (exact) mass is 334 g/mol. The number of aryl methyl sites for hydroxylation is 2. The number of likely N-dealkylation sites (tertiary alicyclic amines) is 1. The van der Waals surface area contributed by atoms with Crippen LogP contribution < -0.4 is 5.56 Å². The standard InChI is InChI=1S/C16H22N4O4/c1-10-12(15(23)18-11(2)17-10)6-13(21)20-5-4-16(9-20)8-19(3)14(22)7-24-16/h4-9H2,1-3H3,(H,17,18,23). The number of H-pyrrole nitrogens is 1. The fourth-order valence-electron chi connectivity index (χ4n) is 3.42. The van der Waals surface area contributed by atoms with Crippen LogP contribution in [0, 0.1) is 13.8 Å². The first-order chi connectivity index (χ1) is 11.3. The number of carbonyl (C=O) groups is 2. The molecule has 1 aromatic heterocycles. The molecule has 3 heterocycles. The molecular formula is C16H22N4O4. The quantitative estimate of drug-likeness (QED) is 0.778. The van der Waals surface area contributed by atoms with Crippen LogP contribution in [0.15, 0.2) is 4.79 Å². The van der Waals surface area contributed by atoms with Crippen LogP contribution in [0.3, 0.4) is 0 Å². The SMILES string of the molecule is Cc1nc(C)c(CC(=O)N2CCC3(CN(C)C(=O)CO3)C2)c(=O)[nH]1. The molecule has 0 radical (unpaired) electrons. The Balaban J connectivity index is 1.70. The summed E-state index contributed by atoms with van der Waals surface area (Å²) in [4.78, 5) is 46.4. The number of amides is 2. The van der Waals surface area contributed by atoms with E-state index < -0.39 is 5.60 Å². The molecule has 2 saturated heterocycles. The molecule has 1 atom stereocenters. The molecule has 8 nitrogen and oxygen atoms in total. The molecule has 2 fully saturated rings. The fraction of sp³-hybridized carbons (Fsp3) is 0.625. The lowest BCUT2D eigenvalue weighted by atomic mass is 10.0. The van der Waals surface area contributed by atoms with E-state index in [2.05, 4.69) is 9.97 Å². The number of carbonyl (C=O) groups excluding carboxylic acids is 2. The lowest BCUT2D eigenvalue weighted by Crippen LogP contribution is -2.54. The predicted octanol–water partition coefficient (Wildman–Crippen LogP) is -0.611. The van der Waals surface area contributed by atoms with Crippen molar-refractivity contribution in [2.24, 2.45) is 0 Å². The van der Waals surface area contributed by atoms with E-state index in [1.807, 2.05) is 0 Å². The molecule has 24 heavy (non-hydrogen) atoms. The molecule has 1 aromatic rings. The fourth-order valence-corrected chi connectivity index (χ4v) is 3.42. The molecule has 0 aliphatic carbocycles. The van der Waals surface area contributed by atoms with Crippen LogP contribution in [0.1, 0.15) is 23.5 Å². The van der Waals surface area contributed by atoms with Crippen LogP contribution in [0.2, 0.25) is 0 Å². The summed E-state index contributed by atoms with van der Waals surface area (Å²) in [5, 5.41) is 0. The molecule has 8 heteroatoms. The van der Waals surface area contributed by atoms with Gasteiger partial charge < -0.3 is 19.5 Å². The Labute approximate surface area is 139 Å². The summed E-state index contributed by atoms with van der Waals surface area (Å²) < 4.78 is 5.74. The van der Waals surface area contributed by atoms with Gasteiger partial charge in [0.05, 0.1) is 19.5 Å². The zero-order valence-electron chi connectivity index (χ0n) is 14.2. The van der Waals surface area contributed by atoms with E-state index in [1.54, 1.807) is 30.7 Å². The zero-order chi connectivity index (χ0) is 17.5. The van der Waals surface area contributed by atoms with Gasteiger partial charge in [-0.1, -0.05) is 0 Å². The van der Waals surface area contributed by atoms with Crippen molar-refractivity contribution in [3.05, 3.63) is 27.4 Å². The Morgan fingerprint density at radius 3 is 2.75 bits per heavy atom. The zero-order valence-corrected chi connectivity index (χ0v) is 14.2. The van der Waals surface area contributed by atoms with Gasteiger partial charge in [0.1, 0.15) is 18.0 Å². The molecule has 1 spiro atoms. The van der Waals surface area contributed by atoms with Crippen molar-refractivity contribution in [3.8, 4) is 0 Å². The highest BCUT2D eigenvalue weighted by Gasteiger charge is 2.45. The molecule has 2 aliphatic rings. The molecule has 130 valence electrons. The van der Waals surface area contributed by atoms with Crippen LogP contribution in [0.4, 0.5) is 0 Å². The summed E-state index contributed by atoms with van der Waals surface area (Å²) in [6.07, 6.45) is 0.719. The molecule has 2 aliphatic heterocycles. The number of morpholine rings is 1. The van der Waals surface area contributed by atoms with Gasteiger partial charge in [0.15, 0.2) is 0 Å². The summed E-state index contributed by atoms with van der Waals surface area (Å²) in [6.45, 7) is 5.00. The maximum absolute atomic E-state index is 12.6. The molecular weight excluding hydrogens is 312 g/mol. The number of aromatic amines is 1. The average Bonchev–Trinajstić information content (AvgIpc) is 2.91. The van der Waals surface area contributed by atoms with Crippen molar-refractivity contribution in [2.45, 2.75) is 32.3 Å². The van der Waals surface area contributed by atoms with Gasteiger partial charge in [0.25, 0.3) is 5.56 Å². The van der Waals surface area contributed by atoms with Crippen molar-refractivity contribution in [3.63, 3.8) is 0 Å². The maximum Gasteiger partial charge on any atom is 0.254 e. The topological polar surface area (TPSA) is 95.6 Å². The summed E-state index contributed by atoms with van der Waals surface area (Å²) in [5.41, 5.74) is 0.244. The molecule has 3 rings (SSSR count). The van der Waals surface area contributed by atoms with E-state index in [4.69, 9.17) is 4.74 Å². The second-order valence-corrected chi connectivity index (χ2v) is 6.68. The van der Waals surface area contributed by atoms with Gasteiger partial charge in [0.2, 0.25) is 11.8 Å². The van der Waals surface area contributed by atoms with Gasteiger partial charge in [-0.05, 0) is 20.3 Å². The van der Waals surface area contributed by atoms with Crippen molar-refractivity contribution in [2.75, 3.05) is 33.3 Å². The number of likely N-dealkylation sites (N-methyl/N-ethyl adjacent to an activating group) is 1. The molecule has 0 bridgehead atoms. The second kappa shape index (κ2) is 6.01. The van der Waals surface area contributed by atoms with Crippen LogP contribution in [0.25, 0.3) is 0 Å². The number of rotatable bonds is 2. The number of nitrogens with one attached hydrogen (secondary N) is 1. The van der Waals surface area contributed by atoms with Crippen molar-refractivity contribution in [1.82, 2.24) is 19.8 Å². The number of aromatic nitrogens is 2. The summed E-state index contributed by atoms with van der Waals surface area (Å²) in [7, 11) is 1.75. The Bertz CT molecular complexity index is 744. The van der Waals surface area contributed by atoms with Gasteiger partial charge in [-0.2, -0.15) is 0 Å². The van der Waals surface area contributed by atoms with Crippen LogP contribution in [-0.4, -0.2) is 70.5 Å². The van der Waals surface area contributed by atoms with E-state index in [0.717, 1.165) is 0 Å². The highest BCUT2D eigenvalue weighted by Crippen LogP contribution is 2.29. The average molecular weight is 334 g/mol. The number of hydrogen-bond donors (Lipinski definition) is 1. The minimum atomic E-state index is -0.481. The molecule has 1 unspecified atom stereocenters. The molecule has 2 amide bonds. The van der Waals surface area contributed by atoms with Gasteiger partial charge in [0, 0.05) is 24.8 Å². The van der Waals surface area contributed by atoms with Gasteiger partial charge in [-0.3, -0.25) is 14.4 Å². The Hall–Kier alpha value is -2.22. The second-order valence-electron chi connectivity index (χ2n) is 6.68. The smallest absolute Gasteiger partial charge is 0.254 e. The maximum atomic E-state index is 12.6. The van der Waals surface area contributed by atoms with Gasteiger partial charge in [-0.25, -0.2) is 4.98 Å². The first-order valence-corrected chi connectivity index (χ1v) is 8.02. The van der Waals surface area contributed by atoms with E-state index in [1.165, 1.54) is 0 Å². The third kappa shape index (κ3) is 3.06. The largest absolute Gasteiger partial charge is 0.361 e. The minimum Gasteiger partial charge on any atom is -0.361 e. The first-order valence-electron chi connectivity index (χ1n) is 8.02. The third-order valence-electron chi connectivity index (χ3n) is 4.79. The van der Waals surface area contributed by atoms with E-state index >= 15 is 0 Å². The number of hydrogen-bond acceptors (Lipinski definition) is 5. The molecule has 0 aromatic carbocycles. The highest BCUT2D eigenvalue weighted by atomic mass is 16.5. The van der Waals surface area contributed by atoms with E-state index in [9.17, 15) is 14.4 Å². The Kier molecular flexibility index (Phi) is 4.16. The van der Waals surface area contributed by atoms with Crippen LogP contribution >= 0.6 is 0 Å². The van der Waals surface area contributed by atoms with Crippen LogP contribution in [0.5, 0.6) is 0 Å². The summed E-state index contributed by atoms with van der Waals surface area (Å²) >= 11 is 0. The normalized spacial score (nSPS) is 24.0. The first kappa shape index (κ1) is 16.6. The lowest BCUT2D eigenvalue weighted by Gasteiger charge is -2.38. The Morgan fingerprint density at radius 1 is 1.33 bits per heavy atom. The van der Waals surface area contributed by atoms with Crippen LogP contribution in [-0.2, 0) is 20.7 Å². The van der Waals surface area contributed by atoms with Crippen molar-refractivity contribution in [1.29, 1.82) is 0 Å². The number of ether oxygens (including phenoxy) is 1.